The Bertz CT molecular complexity index is 2430. The number of fused-ring (bicyclic) bond motifs is 6. The predicted molar refractivity (Wildman–Crippen MR) is 207 cm³/mol. The molecule has 6 aromatic carbocycles. The first-order valence-corrected chi connectivity index (χ1v) is 17.1. The zero-order chi connectivity index (χ0) is 33.4. The molecule has 0 bridgehead atoms. The Balaban J connectivity index is 1.51. The molecule has 0 aliphatic rings. The van der Waals surface area contributed by atoms with Crippen LogP contribution in [0.2, 0.25) is 5.02 Å². The maximum Gasteiger partial charge on any atom is 0.0783 e. The van der Waals surface area contributed by atoms with Gasteiger partial charge in [-0.2, -0.15) is 0 Å². The minimum absolute atomic E-state index is 0.0381. The summed E-state index contributed by atoms with van der Waals surface area (Å²) in [5.74, 6) is 0. The lowest BCUT2D eigenvalue weighted by molar-refractivity contribution is 0.590. The third kappa shape index (κ3) is 4.96. The fourth-order valence-electron chi connectivity index (χ4n) is 7.15. The van der Waals surface area contributed by atoms with Crippen molar-refractivity contribution in [1.82, 2.24) is 9.13 Å². The molecule has 1 N–H and O–H groups in total. The molecule has 48 heavy (non-hydrogen) atoms. The van der Waals surface area contributed by atoms with Crippen LogP contribution in [0.3, 0.4) is 0 Å². The topological polar surface area (TPSA) is 21.9 Å². The summed E-state index contributed by atoms with van der Waals surface area (Å²) in [6, 6.07) is 46.0. The number of hydrogen-bond acceptors (Lipinski definition) is 1. The van der Waals surface area contributed by atoms with Crippen molar-refractivity contribution in [2.75, 3.05) is 5.32 Å². The summed E-state index contributed by atoms with van der Waals surface area (Å²) >= 11 is 6.42. The van der Waals surface area contributed by atoms with E-state index < -0.39 is 0 Å². The molecule has 238 valence electrons. The van der Waals surface area contributed by atoms with Crippen LogP contribution >= 0.6 is 11.6 Å². The highest BCUT2D eigenvalue weighted by molar-refractivity contribution is 6.30. The third-order valence-electron chi connectivity index (χ3n) is 9.64. The Kier molecular flexibility index (Phi) is 6.98. The van der Waals surface area contributed by atoms with E-state index in [1.807, 2.05) is 18.2 Å². The van der Waals surface area contributed by atoms with Crippen LogP contribution in [0.15, 0.2) is 127 Å². The summed E-state index contributed by atoms with van der Waals surface area (Å²) < 4.78 is 4.91. The van der Waals surface area contributed by atoms with Gasteiger partial charge in [0.2, 0.25) is 0 Å². The van der Waals surface area contributed by atoms with E-state index >= 15 is 0 Å². The molecule has 0 spiro atoms. The quantitative estimate of drug-likeness (QED) is 0.202. The van der Waals surface area contributed by atoms with Crippen LogP contribution in [0.5, 0.6) is 0 Å². The maximum absolute atomic E-state index is 6.42. The number of anilines is 2. The fourth-order valence-corrected chi connectivity index (χ4v) is 7.34. The summed E-state index contributed by atoms with van der Waals surface area (Å²) in [5, 5.41) is 9.36. The normalized spacial score (nSPS) is 12.5. The van der Waals surface area contributed by atoms with Gasteiger partial charge in [0.05, 0.1) is 33.4 Å². The summed E-state index contributed by atoms with van der Waals surface area (Å²) in [4.78, 5) is 0. The zero-order valence-corrected chi connectivity index (χ0v) is 29.2. The number of nitrogens with zero attached hydrogens (tertiary/aromatic N) is 2. The van der Waals surface area contributed by atoms with Crippen LogP contribution in [0, 0.1) is 0 Å². The lowest BCUT2D eigenvalue weighted by atomic mass is 9.85. The van der Waals surface area contributed by atoms with Gasteiger partial charge in [-0.05, 0) is 88.7 Å². The van der Waals surface area contributed by atoms with Crippen molar-refractivity contribution in [1.29, 1.82) is 0 Å². The molecule has 0 aliphatic carbocycles. The van der Waals surface area contributed by atoms with E-state index in [2.05, 4.69) is 165 Å². The van der Waals surface area contributed by atoms with Crippen LogP contribution < -0.4 is 5.32 Å². The second-order valence-electron chi connectivity index (χ2n) is 15.0. The average molecular weight is 646 g/mol. The van der Waals surface area contributed by atoms with Gasteiger partial charge >= 0.3 is 0 Å². The molecule has 3 nitrogen and oxygen atoms in total. The summed E-state index contributed by atoms with van der Waals surface area (Å²) in [6.45, 7) is 13.8. The van der Waals surface area contributed by atoms with Gasteiger partial charge in [0.15, 0.2) is 0 Å². The molecule has 0 saturated heterocycles. The first kappa shape index (κ1) is 30.4. The molecule has 0 fully saturated rings. The molecule has 0 radical (unpaired) electrons. The predicted octanol–water partition coefficient (Wildman–Crippen LogP) is 12.9. The van der Waals surface area contributed by atoms with Gasteiger partial charge < -0.3 is 14.5 Å². The number of aromatic nitrogens is 2. The SMILES string of the molecule is CC(C)(C)c1ccc2c(c1)c1cc(C(C)(C)C)ccc1n2-c1cccc2c3cccc(Nc4cccc(Cl)c4)c3n(-c3ccccc3)c12. The number of hydrogen-bond donors (Lipinski definition) is 1. The second-order valence-corrected chi connectivity index (χ2v) is 15.4. The molecule has 8 aromatic rings. The molecule has 8 rings (SSSR count). The van der Waals surface area contributed by atoms with Crippen molar-refractivity contribution >= 4 is 66.6 Å². The highest BCUT2D eigenvalue weighted by Gasteiger charge is 2.24. The van der Waals surface area contributed by atoms with E-state index in [-0.39, 0.29) is 10.8 Å². The molecule has 0 saturated carbocycles. The molecule has 4 heteroatoms. The van der Waals surface area contributed by atoms with Gasteiger partial charge in [-0.25, -0.2) is 0 Å². The van der Waals surface area contributed by atoms with Crippen molar-refractivity contribution in [3.63, 3.8) is 0 Å². The van der Waals surface area contributed by atoms with Crippen LogP contribution in [-0.4, -0.2) is 9.13 Å². The number of para-hydroxylation sites is 3. The van der Waals surface area contributed by atoms with Gasteiger partial charge in [-0.3, -0.25) is 0 Å². The molecule has 0 amide bonds. The van der Waals surface area contributed by atoms with Gasteiger partial charge in [0.1, 0.15) is 0 Å². The van der Waals surface area contributed by atoms with Gasteiger partial charge in [0.25, 0.3) is 0 Å². The Morgan fingerprint density at radius 3 is 1.69 bits per heavy atom. The summed E-state index contributed by atoms with van der Waals surface area (Å²) in [6.07, 6.45) is 0. The van der Waals surface area contributed by atoms with E-state index in [0.29, 0.717) is 5.02 Å². The largest absolute Gasteiger partial charge is 0.354 e. The Morgan fingerprint density at radius 1 is 0.500 bits per heavy atom. The summed E-state index contributed by atoms with van der Waals surface area (Å²) in [7, 11) is 0. The van der Waals surface area contributed by atoms with Crippen LogP contribution in [0.25, 0.3) is 55.0 Å². The molecule has 2 heterocycles. The standard InChI is InChI=1S/C44H40ClN3/c1-43(2,3)28-21-23-38-35(25-28)36-26-29(44(4,5)6)22-24-39(36)48(38)40-20-12-18-34-33-17-11-19-37(46-31-14-10-13-30(45)27-31)41(33)47(42(34)40)32-15-8-7-9-16-32/h7-27,46H,1-6H3. The number of rotatable bonds is 4. The first-order chi connectivity index (χ1) is 23.0. The lowest BCUT2D eigenvalue weighted by Crippen LogP contribution is -2.10. The van der Waals surface area contributed by atoms with Gasteiger partial charge in [-0.15, -0.1) is 0 Å². The van der Waals surface area contributed by atoms with E-state index in [1.54, 1.807) is 0 Å². The molecule has 2 aromatic heterocycles. The highest BCUT2D eigenvalue weighted by atomic mass is 35.5. The number of nitrogens with one attached hydrogen (secondary N) is 1. The Labute approximate surface area is 287 Å². The monoisotopic (exact) mass is 645 g/mol. The Hall–Kier alpha value is -4.99. The van der Waals surface area contributed by atoms with E-state index in [0.717, 1.165) is 33.8 Å². The highest BCUT2D eigenvalue weighted by Crippen LogP contribution is 2.43. The van der Waals surface area contributed by atoms with Crippen molar-refractivity contribution in [2.45, 2.75) is 52.4 Å². The molecular formula is C44H40ClN3. The first-order valence-electron chi connectivity index (χ1n) is 16.7. The lowest BCUT2D eigenvalue weighted by Gasteiger charge is -2.19. The zero-order valence-electron chi connectivity index (χ0n) is 28.4. The minimum atomic E-state index is 0.0381. The molecule has 0 aliphatic heterocycles. The molecule has 0 atom stereocenters. The fraction of sp³-hybridized carbons (Fsp3) is 0.182. The van der Waals surface area contributed by atoms with E-state index in [4.69, 9.17) is 11.6 Å². The van der Waals surface area contributed by atoms with Crippen LogP contribution in [-0.2, 0) is 10.8 Å². The van der Waals surface area contributed by atoms with Crippen molar-refractivity contribution in [2.24, 2.45) is 0 Å². The molecular weight excluding hydrogens is 606 g/mol. The van der Waals surface area contributed by atoms with Gasteiger partial charge in [0, 0.05) is 37.9 Å². The van der Waals surface area contributed by atoms with Crippen molar-refractivity contribution in [3.05, 3.63) is 144 Å². The second kappa shape index (κ2) is 11.0. The van der Waals surface area contributed by atoms with E-state index in [1.165, 1.54) is 43.7 Å². The van der Waals surface area contributed by atoms with Gasteiger partial charge in [-0.1, -0.05) is 114 Å². The van der Waals surface area contributed by atoms with E-state index in [9.17, 15) is 0 Å². The maximum atomic E-state index is 6.42. The Morgan fingerprint density at radius 2 is 1.08 bits per heavy atom. The van der Waals surface area contributed by atoms with Crippen molar-refractivity contribution in [3.8, 4) is 11.4 Å². The number of halogens is 1. The number of benzene rings is 6. The smallest absolute Gasteiger partial charge is 0.0783 e. The minimum Gasteiger partial charge on any atom is -0.354 e. The van der Waals surface area contributed by atoms with Crippen LogP contribution in [0.1, 0.15) is 52.7 Å². The molecule has 0 unspecified atom stereocenters. The van der Waals surface area contributed by atoms with Crippen molar-refractivity contribution < 1.29 is 0 Å². The third-order valence-corrected chi connectivity index (χ3v) is 9.88. The average Bonchev–Trinajstić information content (AvgIpc) is 3.57. The summed E-state index contributed by atoms with van der Waals surface area (Å²) in [5.41, 5.74) is 11.7. The van der Waals surface area contributed by atoms with Crippen LogP contribution in [0.4, 0.5) is 11.4 Å².